The molecule has 0 saturated heterocycles. The normalized spacial score (nSPS) is 15.5. The fourth-order valence-corrected chi connectivity index (χ4v) is 4.07. The van der Waals surface area contributed by atoms with E-state index in [1.807, 2.05) is 0 Å². The number of hydrogen-bond donors (Lipinski definition) is 0. The fraction of sp³-hybridized carbons (Fsp3) is 1.00. The first kappa shape index (κ1) is 30.2. The summed E-state index contributed by atoms with van der Waals surface area (Å²) in [5.74, 6) is -34.0. The zero-order valence-electron chi connectivity index (χ0n) is 16.2. The molecular formula is C14H19F13O3Si. The predicted molar refractivity (Wildman–Crippen MR) is 80.8 cm³/mol. The summed E-state index contributed by atoms with van der Waals surface area (Å²) in [7, 11) is -0.688. The van der Waals surface area contributed by atoms with Crippen LogP contribution in [-0.4, -0.2) is 65.9 Å². The van der Waals surface area contributed by atoms with Gasteiger partial charge in [-0.15, -0.1) is 0 Å². The Kier molecular flexibility index (Phi) is 9.33. The van der Waals surface area contributed by atoms with Crippen LogP contribution in [0.1, 0.15) is 25.7 Å². The zero-order valence-corrected chi connectivity index (χ0v) is 17.2. The molecule has 0 aliphatic carbocycles. The second-order valence-corrected chi connectivity index (χ2v) is 9.49. The first-order valence-electron chi connectivity index (χ1n) is 8.21. The lowest BCUT2D eigenvalue weighted by Crippen LogP contribution is -2.67. The van der Waals surface area contributed by atoms with Gasteiger partial charge in [0.25, 0.3) is 0 Å². The van der Waals surface area contributed by atoms with E-state index in [1.165, 1.54) is 0 Å². The van der Waals surface area contributed by atoms with E-state index in [9.17, 15) is 57.1 Å². The molecule has 0 atom stereocenters. The van der Waals surface area contributed by atoms with Crippen LogP contribution in [0, 0.1) is 0 Å². The van der Waals surface area contributed by atoms with Gasteiger partial charge < -0.3 is 13.3 Å². The van der Waals surface area contributed by atoms with Crippen LogP contribution >= 0.6 is 0 Å². The van der Waals surface area contributed by atoms with Gasteiger partial charge in [0, 0.05) is 46.6 Å². The number of rotatable bonds is 13. The van der Waals surface area contributed by atoms with Crippen molar-refractivity contribution in [2.75, 3.05) is 21.3 Å². The average Bonchev–Trinajstić information content (AvgIpc) is 2.63. The highest BCUT2D eigenvalue weighted by Crippen LogP contribution is 2.59. The summed E-state index contributed by atoms with van der Waals surface area (Å²) in [6.07, 6.45) is -14.6. The van der Waals surface area contributed by atoms with Crippen molar-refractivity contribution in [3.8, 4) is 0 Å². The van der Waals surface area contributed by atoms with Gasteiger partial charge in [-0.05, 0) is 6.42 Å². The first-order chi connectivity index (χ1) is 13.6. The minimum atomic E-state index is -7.41. The van der Waals surface area contributed by atoms with Crippen LogP contribution in [0.25, 0.3) is 0 Å². The summed E-state index contributed by atoms with van der Waals surface area (Å²) in [4.78, 5) is 0. The highest BCUT2D eigenvalue weighted by Gasteiger charge is 2.85. The highest BCUT2D eigenvalue weighted by molar-refractivity contribution is 6.60. The summed E-state index contributed by atoms with van der Waals surface area (Å²) in [5.41, 5.74) is 0. The lowest BCUT2D eigenvalue weighted by molar-refractivity contribution is -0.403. The van der Waals surface area contributed by atoms with Gasteiger partial charge in [-0.3, -0.25) is 0 Å². The van der Waals surface area contributed by atoms with Crippen molar-refractivity contribution in [2.24, 2.45) is 0 Å². The van der Waals surface area contributed by atoms with Crippen LogP contribution in [0.15, 0.2) is 0 Å². The Bertz CT molecular complexity index is 568. The minimum absolute atomic E-state index is 0.661. The molecule has 0 bridgehead atoms. The van der Waals surface area contributed by atoms with Gasteiger partial charge in [0.15, 0.2) is 0 Å². The van der Waals surface area contributed by atoms with Gasteiger partial charge in [-0.2, -0.15) is 57.1 Å². The van der Waals surface area contributed by atoms with Crippen LogP contribution in [0.2, 0.25) is 6.04 Å². The monoisotopic (exact) mass is 510 g/mol. The lowest BCUT2D eigenvalue weighted by atomic mass is 9.91. The second kappa shape index (κ2) is 9.58. The number of halogens is 13. The molecule has 0 radical (unpaired) electrons. The van der Waals surface area contributed by atoms with E-state index >= 15 is 0 Å². The van der Waals surface area contributed by atoms with E-state index in [-0.39, 0.29) is 0 Å². The molecule has 0 unspecified atom stereocenters. The van der Waals surface area contributed by atoms with Crippen molar-refractivity contribution in [1.29, 1.82) is 0 Å². The third kappa shape index (κ3) is 6.16. The topological polar surface area (TPSA) is 27.7 Å². The Hall–Kier alpha value is -0.813. The molecule has 3 nitrogen and oxygen atoms in total. The van der Waals surface area contributed by atoms with Gasteiger partial charge in [0.2, 0.25) is 0 Å². The van der Waals surface area contributed by atoms with Crippen molar-refractivity contribution in [3.63, 3.8) is 0 Å². The summed E-state index contributed by atoms with van der Waals surface area (Å²) >= 11 is 0. The van der Waals surface area contributed by atoms with Crippen molar-refractivity contribution in [2.45, 2.75) is 67.5 Å². The standard InChI is InChI=1S/C14H19F13O3Si/c1-28-31(29-2,30-3)8-4-5-9(15,16)12(22,23)14(26,27)13(24,25)10(17,18)6-7-11(19,20)21/h4-8H2,1-3H3. The van der Waals surface area contributed by atoms with E-state index < -0.39 is 76.3 Å². The molecule has 0 aromatic heterocycles. The molecule has 0 N–H and O–H groups in total. The van der Waals surface area contributed by atoms with Crippen LogP contribution < -0.4 is 0 Å². The molecule has 0 heterocycles. The molecule has 0 spiro atoms. The van der Waals surface area contributed by atoms with Crippen molar-refractivity contribution >= 4 is 8.80 Å². The van der Waals surface area contributed by atoms with Crippen LogP contribution in [-0.2, 0) is 13.3 Å². The van der Waals surface area contributed by atoms with Crippen molar-refractivity contribution < 1.29 is 70.4 Å². The molecule has 0 aromatic carbocycles. The molecule has 0 aliphatic rings. The van der Waals surface area contributed by atoms with Crippen LogP contribution in [0.4, 0.5) is 57.1 Å². The summed E-state index contributed by atoms with van der Waals surface area (Å²) < 4.78 is 186. The molecule has 31 heavy (non-hydrogen) atoms. The zero-order chi connectivity index (χ0) is 25.2. The highest BCUT2D eigenvalue weighted by atomic mass is 28.4. The first-order valence-corrected chi connectivity index (χ1v) is 10.1. The SMILES string of the molecule is CO[Si](CCCC(F)(F)C(F)(F)C(F)(F)C(F)(F)C(F)(F)CCC(F)(F)F)(OC)OC. The molecule has 0 rings (SSSR count). The quantitative estimate of drug-likeness (QED) is 0.219. The van der Waals surface area contributed by atoms with E-state index in [0.717, 1.165) is 21.3 Å². The number of hydrogen-bond acceptors (Lipinski definition) is 3. The van der Waals surface area contributed by atoms with Crippen molar-refractivity contribution in [1.82, 2.24) is 0 Å². The van der Waals surface area contributed by atoms with E-state index in [2.05, 4.69) is 0 Å². The maximum atomic E-state index is 13.8. The molecule has 0 saturated carbocycles. The molecule has 0 fully saturated rings. The molecule has 0 amide bonds. The lowest BCUT2D eigenvalue weighted by Gasteiger charge is -2.39. The Morgan fingerprint density at radius 1 is 0.516 bits per heavy atom. The van der Waals surface area contributed by atoms with Crippen molar-refractivity contribution in [3.05, 3.63) is 0 Å². The average molecular weight is 510 g/mol. The summed E-state index contributed by atoms with van der Waals surface area (Å²) in [6.45, 7) is 0. The maximum absolute atomic E-state index is 13.8. The van der Waals surface area contributed by atoms with Crippen LogP contribution in [0.5, 0.6) is 0 Å². The maximum Gasteiger partial charge on any atom is 0.500 e. The third-order valence-corrected chi connectivity index (χ3v) is 7.17. The van der Waals surface area contributed by atoms with Gasteiger partial charge >= 0.3 is 44.6 Å². The van der Waals surface area contributed by atoms with Gasteiger partial charge in [0.05, 0.1) is 0 Å². The van der Waals surface area contributed by atoms with Crippen LogP contribution in [0.3, 0.4) is 0 Å². The smallest absolute Gasteiger partial charge is 0.377 e. The molecular weight excluding hydrogens is 491 g/mol. The minimum Gasteiger partial charge on any atom is -0.377 e. The molecule has 0 aromatic rings. The van der Waals surface area contributed by atoms with Gasteiger partial charge in [0.1, 0.15) is 0 Å². The molecule has 17 heteroatoms. The fourth-order valence-electron chi connectivity index (χ4n) is 2.35. The Labute approximate surface area is 169 Å². The van der Waals surface area contributed by atoms with E-state index in [1.54, 1.807) is 0 Å². The number of alkyl halides is 13. The Balaban J connectivity index is 5.72. The second-order valence-electron chi connectivity index (χ2n) is 6.40. The Morgan fingerprint density at radius 2 is 0.871 bits per heavy atom. The molecule has 0 aliphatic heterocycles. The summed E-state index contributed by atoms with van der Waals surface area (Å²) in [5, 5.41) is 0. The summed E-state index contributed by atoms with van der Waals surface area (Å²) in [6, 6.07) is -0.661. The van der Waals surface area contributed by atoms with E-state index in [0.29, 0.717) is 0 Å². The Morgan fingerprint density at radius 3 is 1.19 bits per heavy atom. The predicted octanol–water partition coefficient (Wildman–Crippen LogP) is 6.16. The van der Waals surface area contributed by atoms with Gasteiger partial charge in [-0.1, -0.05) is 0 Å². The third-order valence-electron chi connectivity index (χ3n) is 4.34. The van der Waals surface area contributed by atoms with E-state index in [4.69, 9.17) is 13.3 Å². The largest absolute Gasteiger partial charge is 0.500 e. The van der Waals surface area contributed by atoms with Gasteiger partial charge in [-0.25, -0.2) is 0 Å². The molecule has 188 valence electrons.